The van der Waals surface area contributed by atoms with Gasteiger partial charge in [-0.2, -0.15) is 0 Å². The van der Waals surface area contributed by atoms with E-state index in [1.54, 1.807) is 17.5 Å². The summed E-state index contributed by atoms with van der Waals surface area (Å²) in [5.41, 5.74) is 0.902. The number of sulfonamides is 1. The van der Waals surface area contributed by atoms with E-state index < -0.39 is 10.0 Å². The molecule has 0 spiro atoms. The fraction of sp³-hybridized carbons (Fsp3) is 0.588. The predicted octanol–water partition coefficient (Wildman–Crippen LogP) is 1.01. The van der Waals surface area contributed by atoms with E-state index in [1.165, 1.54) is 10.6 Å². The molecule has 2 aliphatic rings. The van der Waals surface area contributed by atoms with Crippen LogP contribution in [0.5, 0.6) is 0 Å². The lowest BCUT2D eigenvalue weighted by Gasteiger charge is -2.38. The number of rotatable bonds is 3. The highest BCUT2D eigenvalue weighted by atomic mass is 32.2. The van der Waals surface area contributed by atoms with Crippen LogP contribution in [0.15, 0.2) is 18.3 Å². The molecule has 2 aliphatic heterocycles. The summed E-state index contributed by atoms with van der Waals surface area (Å²) in [5.74, 6) is -0.152. The van der Waals surface area contributed by atoms with Gasteiger partial charge >= 0.3 is 0 Å². The molecule has 4 heterocycles. The van der Waals surface area contributed by atoms with Crippen molar-refractivity contribution < 1.29 is 13.2 Å². The summed E-state index contributed by atoms with van der Waals surface area (Å²) in [6.45, 7) is 3.56. The van der Waals surface area contributed by atoms with Crippen molar-refractivity contribution in [3.05, 3.63) is 18.3 Å². The van der Waals surface area contributed by atoms with E-state index in [0.29, 0.717) is 26.2 Å². The van der Waals surface area contributed by atoms with E-state index in [4.69, 9.17) is 0 Å². The zero-order chi connectivity index (χ0) is 19.0. The van der Waals surface area contributed by atoms with Crippen LogP contribution >= 0.6 is 11.3 Å². The van der Waals surface area contributed by atoms with Crippen LogP contribution in [0.25, 0.3) is 10.3 Å². The molecule has 2 fully saturated rings. The number of fused-ring (bicyclic) bond motifs is 1. The summed E-state index contributed by atoms with van der Waals surface area (Å²) < 4.78 is 25.0. The number of aromatic nitrogens is 2. The van der Waals surface area contributed by atoms with Crippen molar-refractivity contribution in [2.24, 2.45) is 5.92 Å². The maximum atomic E-state index is 12.9. The molecule has 0 aliphatic carbocycles. The highest BCUT2D eigenvalue weighted by Crippen LogP contribution is 2.28. The SMILES string of the molecule is CS(=O)(=O)N1CCCC(C(=O)N2CCN(c3nc4cccnc4s3)CC2)C1. The number of hydrogen-bond acceptors (Lipinski definition) is 7. The number of hydrogen-bond donors (Lipinski definition) is 0. The lowest BCUT2D eigenvalue weighted by atomic mass is 9.98. The molecule has 0 bridgehead atoms. The van der Waals surface area contributed by atoms with E-state index in [9.17, 15) is 13.2 Å². The summed E-state index contributed by atoms with van der Waals surface area (Å²) in [6.07, 6.45) is 4.48. The first-order chi connectivity index (χ1) is 12.9. The minimum atomic E-state index is -3.24. The molecule has 1 unspecified atom stereocenters. The van der Waals surface area contributed by atoms with Gasteiger partial charge in [-0.3, -0.25) is 4.79 Å². The Labute approximate surface area is 162 Å². The molecule has 10 heteroatoms. The van der Waals surface area contributed by atoms with Crippen LogP contribution in [0.1, 0.15) is 12.8 Å². The average molecular weight is 410 g/mol. The van der Waals surface area contributed by atoms with E-state index in [1.807, 2.05) is 17.0 Å². The molecule has 0 N–H and O–H groups in total. The average Bonchev–Trinajstić information content (AvgIpc) is 3.11. The van der Waals surface area contributed by atoms with Crippen LogP contribution in [0, 0.1) is 5.92 Å². The van der Waals surface area contributed by atoms with E-state index in [0.717, 1.165) is 41.4 Å². The second-order valence-electron chi connectivity index (χ2n) is 7.10. The van der Waals surface area contributed by atoms with Gasteiger partial charge in [0.25, 0.3) is 0 Å². The fourth-order valence-corrected chi connectivity index (χ4v) is 5.59. The van der Waals surface area contributed by atoms with Gasteiger partial charge in [0.1, 0.15) is 10.3 Å². The zero-order valence-corrected chi connectivity index (χ0v) is 16.9. The van der Waals surface area contributed by atoms with Crippen molar-refractivity contribution in [3.63, 3.8) is 0 Å². The van der Waals surface area contributed by atoms with Gasteiger partial charge in [0.05, 0.1) is 12.2 Å². The molecular formula is C17H23N5O3S2. The number of piperazine rings is 1. The lowest BCUT2D eigenvalue weighted by Crippen LogP contribution is -2.53. The number of carbonyl (C=O) groups excluding carboxylic acids is 1. The lowest BCUT2D eigenvalue weighted by molar-refractivity contribution is -0.137. The van der Waals surface area contributed by atoms with Gasteiger partial charge in [-0.05, 0) is 25.0 Å². The Morgan fingerprint density at radius 2 is 2.00 bits per heavy atom. The van der Waals surface area contributed by atoms with Crippen LogP contribution in [0.4, 0.5) is 5.13 Å². The largest absolute Gasteiger partial charge is 0.344 e. The van der Waals surface area contributed by atoms with Crippen LogP contribution in [0.3, 0.4) is 0 Å². The van der Waals surface area contributed by atoms with Crippen molar-refractivity contribution in [2.75, 3.05) is 50.4 Å². The minimum Gasteiger partial charge on any atom is -0.344 e. The molecule has 2 aromatic rings. The third kappa shape index (κ3) is 3.92. The summed E-state index contributed by atoms with van der Waals surface area (Å²) in [4.78, 5) is 26.8. The number of nitrogens with zero attached hydrogens (tertiary/aromatic N) is 5. The number of carbonyl (C=O) groups is 1. The Morgan fingerprint density at radius 3 is 2.70 bits per heavy atom. The molecule has 1 atom stereocenters. The highest BCUT2D eigenvalue weighted by Gasteiger charge is 2.34. The number of pyridine rings is 1. The van der Waals surface area contributed by atoms with Gasteiger partial charge in [-0.15, -0.1) is 0 Å². The summed E-state index contributed by atoms with van der Waals surface area (Å²) in [7, 11) is -3.24. The third-order valence-electron chi connectivity index (χ3n) is 5.22. The van der Waals surface area contributed by atoms with E-state index >= 15 is 0 Å². The van der Waals surface area contributed by atoms with Gasteiger partial charge in [0.15, 0.2) is 5.13 Å². The summed E-state index contributed by atoms with van der Waals surface area (Å²) >= 11 is 1.57. The smallest absolute Gasteiger partial charge is 0.227 e. The quantitative estimate of drug-likeness (QED) is 0.752. The van der Waals surface area contributed by atoms with Crippen LogP contribution in [-0.2, 0) is 14.8 Å². The van der Waals surface area contributed by atoms with Crippen molar-refractivity contribution in [2.45, 2.75) is 12.8 Å². The highest BCUT2D eigenvalue weighted by molar-refractivity contribution is 7.88. The monoisotopic (exact) mass is 409 g/mol. The third-order valence-corrected chi connectivity index (χ3v) is 7.53. The van der Waals surface area contributed by atoms with Gasteiger partial charge in [0, 0.05) is 45.5 Å². The molecule has 0 saturated carbocycles. The normalized spacial score (nSPS) is 22.3. The fourth-order valence-electron chi connectivity index (χ4n) is 3.72. The Hall–Kier alpha value is -1.78. The van der Waals surface area contributed by atoms with Gasteiger partial charge in [0.2, 0.25) is 15.9 Å². The molecule has 0 radical (unpaired) electrons. The molecule has 4 rings (SSSR count). The van der Waals surface area contributed by atoms with Crippen LogP contribution in [0.2, 0.25) is 0 Å². The van der Waals surface area contributed by atoms with Crippen LogP contribution < -0.4 is 4.90 Å². The number of piperidine rings is 1. The van der Waals surface area contributed by atoms with Gasteiger partial charge < -0.3 is 9.80 Å². The Balaban J connectivity index is 1.38. The number of amides is 1. The molecule has 8 nitrogen and oxygen atoms in total. The molecule has 146 valence electrons. The second kappa shape index (κ2) is 7.33. The van der Waals surface area contributed by atoms with Crippen LogP contribution in [-0.4, -0.2) is 79.0 Å². The molecular weight excluding hydrogens is 386 g/mol. The molecule has 0 aromatic carbocycles. The number of thiazole rings is 1. The summed E-state index contributed by atoms with van der Waals surface area (Å²) in [6, 6.07) is 3.84. The van der Waals surface area contributed by atoms with Crippen molar-refractivity contribution in [1.82, 2.24) is 19.2 Å². The van der Waals surface area contributed by atoms with Gasteiger partial charge in [-0.25, -0.2) is 22.7 Å². The standard InChI is InChI=1S/C17H23N5O3S2/c1-27(24,25)22-7-3-4-13(12-22)16(23)20-8-10-21(11-9-20)17-19-14-5-2-6-18-15(14)26-17/h2,5-6,13H,3-4,7-12H2,1H3. The van der Waals surface area contributed by atoms with E-state index in [2.05, 4.69) is 14.9 Å². The minimum absolute atomic E-state index is 0.0777. The van der Waals surface area contributed by atoms with Crippen molar-refractivity contribution in [3.8, 4) is 0 Å². The topological polar surface area (TPSA) is 86.7 Å². The Bertz CT molecular complexity index is 904. The van der Waals surface area contributed by atoms with E-state index in [-0.39, 0.29) is 11.8 Å². The number of anilines is 1. The maximum Gasteiger partial charge on any atom is 0.227 e. The molecule has 2 saturated heterocycles. The molecule has 2 aromatic heterocycles. The molecule has 27 heavy (non-hydrogen) atoms. The molecule has 1 amide bonds. The first kappa shape index (κ1) is 18.6. The van der Waals surface area contributed by atoms with Crippen molar-refractivity contribution >= 4 is 42.7 Å². The maximum absolute atomic E-state index is 12.9. The predicted molar refractivity (Wildman–Crippen MR) is 105 cm³/mol. The first-order valence-electron chi connectivity index (χ1n) is 9.12. The Kier molecular flexibility index (Phi) is 5.04. The Morgan fingerprint density at radius 1 is 1.22 bits per heavy atom. The van der Waals surface area contributed by atoms with Gasteiger partial charge in [-0.1, -0.05) is 11.3 Å². The zero-order valence-electron chi connectivity index (χ0n) is 15.2. The second-order valence-corrected chi connectivity index (χ2v) is 10.0. The summed E-state index contributed by atoms with van der Waals surface area (Å²) in [5, 5.41) is 0.941. The first-order valence-corrected chi connectivity index (χ1v) is 11.8. The van der Waals surface area contributed by atoms with Crippen molar-refractivity contribution in [1.29, 1.82) is 0 Å².